The van der Waals surface area contributed by atoms with E-state index in [0.29, 0.717) is 11.9 Å². The molecule has 7 heteroatoms. The molecule has 6 nitrogen and oxygen atoms in total. The number of aliphatic imine (C=N–C) groups is 2. The van der Waals surface area contributed by atoms with Crippen molar-refractivity contribution in [2.24, 2.45) is 9.98 Å². The number of hydrogen-bond acceptors (Lipinski definition) is 2. The molecular weight excluding hydrogens is 583 g/mol. The standard InChI is InChI=1S/C31H33IN6/c1-4-23-12-9-15-26(20-23)34-30(33-25-14-8-11-22(3)19-25)37-38-31(36-29-18-7-6-17-28(29)32)35-27-16-10-13-24(5-2)21-27/h6-21H,4-5H2,1-3H3,(H2,33,34,37)(H2,35,36,38). The summed E-state index contributed by atoms with van der Waals surface area (Å²) in [7, 11) is 0. The number of halogens is 1. The summed E-state index contributed by atoms with van der Waals surface area (Å²) in [4.78, 5) is 9.73. The average molecular weight is 617 g/mol. The van der Waals surface area contributed by atoms with Gasteiger partial charge in [-0.15, -0.1) is 0 Å². The Morgan fingerprint density at radius 3 is 1.82 bits per heavy atom. The molecule has 4 N–H and O–H groups in total. The lowest BCUT2D eigenvalue weighted by molar-refractivity contribution is 0.857. The second-order valence-corrected chi connectivity index (χ2v) is 9.98. The maximum Gasteiger partial charge on any atom is 0.220 e. The molecule has 0 heterocycles. The lowest BCUT2D eigenvalue weighted by atomic mass is 10.1. The number of aryl methyl sites for hydroxylation is 3. The second-order valence-electron chi connectivity index (χ2n) is 8.82. The van der Waals surface area contributed by atoms with Crippen LogP contribution in [0.15, 0.2) is 107 Å². The largest absolute Gasteiger partial charge is 0.325 e. The first-order valence-electron chi connectivity index (χ1n) is 12.7. The molecule has 4 aromatic carbocycles. The number of nitrogens with zero attached hydrogens (tertiary/aromatic N) is 2. The quantitative estimate of drug-likeness (QED) is 0.0775. The van der Waals surface area contributed by atoms with E-state index in [1.165, 1.54) is 11.1 Å². The van der Waals surface area contributed by atoms with Crippen molar-refractivity contribution in [1.29, 1.82) is 0 Å². The van der Waals surface area contributed by atoms with Crippen molar-refractivity contribution in [3.05, 3.63) is 117 Å². The SMILES string of the molecule is CCc1cccc(NC(=Nc2cccc(C)c2)NNC(=Nc2ccccc2I)Nc2cccc(CC)c2)c1. The maximum absolute atomic E-state index is 4.88. The molecule has 0 bridgehead atoms. The number of para-hydroxylation sites is 1. The van der Waals surface area contributed by atoms with Gasteiger partial charge in [0.2, 0.25) is 11.9 Å². The Kier molecular flexibility index (Phi) is 9.75. The third kappa shape index (κ3) is 8.08. The van der Waals surface area contributed by atoms with Crippen molar-refractivity contribution in [3.63, 3.8) is 0 Å². The molecular formula is C31H33IN6. The zero-order valence-corrected chi connectivity index (χ0v) is 24.1. The van der Waals surface area contributed by atoms with Crippen molar-refractivity contribution >= 4 is 57.3 Å². The van der Waals surface area contributed by atoms with Crippen LogP contribution < -0.4 is 21.5 Å². The van der Waals surface area contributed by atoms with Crippen molar-refractivity contribution in [2.75, 3.05) is 10.6 Å². The Morgan fingerprint density at radius 1 is 0.658 bits per heavy atom. The maximum atomic E-state index is 4.88. The Bertz CT molecular complexity index is 1430. The fraction of sp³-hybridized carbons (Fsp3) is 0.161. The lowest BCUT2D eigenvalue weighted by Gasteiger charge is -2.18. The van der Waals surface area contributed by atoms with Crippen LogP contribution in [0.5, 0.6) is 0 Å². The monoisotopic (exact) mass is 616 g/mol. The number of guanidine groups is 2. The van der Waals surface area contributed by atoms with Gasteiger partial charge in [-0.2, -0.15) is 0 Å². The van der Waals surface area contributed by atoms with Gasteiger partial charge in [-0.1, -0.05) is 62.4 Å². The van der Waals surface area contributed by atoms with Gasteiger partial charge < -0.3 is 10.6 Å². The minimum Gasteiger partial charge on any atom is -0.325 e. The van der Waals surface area contributed by atoms with Gasteiger partial charge in [0.25, 0.3) is 0 Å². The molecule has 0 atom stereocenters. The van der Waals surface area contributed by atoms with Gasteiger partial charge in [-0.05, 0) is 108 Å². The number of hydrogen-bond donors (Lipinski definition) is 4. The van der Waals surface area contributed by atoms with Crippen LogP contribution in [0.2, 0.25) is 0 Å². The van der Waals surface area contributed by atoms with Gasteiger partial charge in [0.1, 0.15) is 0 Å². The van der Waals surface area contributed by atoms with E-state index in [1.807, 2.05) is 66.7 Å². The molecule has 0 amide bonds. The van der Waals surface area contributed by atoms with Gasteiger partial charge in [-0.3, -0.25) is 10.9 Å². The van der Waals surface area contributed by atoms with E-state index in [9.17, 15) is 0 Å². The first-order chi connectivity index (χ1) is 18.5. The topological polar surface area (TPSA) is 72.8 Å². The van der Waals surface area contributed by atoms with E-state index in [-0.39, 0.29) is 0 Å². The summed E-state index contributed by atoms with van der Waals surface area (Å²) >= 11 is 2.30. The highest BCUT2D eigenvalue weighted by Crippen LogP contribution is 2.21. The number of anilines is 2. The van der Waals surface area contributed by atoms with E-state index < -0.39 is 0 Å². The van der Waals surface area contributed by atoms with Crippen LogP contribution in [0.25, 0.3) is 0 Å². The number of hydrazine groups is 1. The number of rotatable bonds is 6. The number of benzene rings is 4. The van der Waals surface area contributed by atoms with Gasteiger partial charge in [0.15, 0.2) is 0 Å². The Morgan fingerprint density at radius 2 is 1.24 bits per heavy atom. The molecule has 0 spiro atoms. The Balaban J connectivity index is 1.64. The molecule has 194 valence electrons. The molecule has 4 aromatic rings. The van der Waals surface area contributed by atoms with Crippen LogP contribution in [0, 0.1) is 10.5 Å². The Hall–Kier alpha value is -3.85. The molecule has 0 aromatic heterocycles. The third-order valence-electron chi connectivity index (χ3n) is 5.82. The third-order valence-corrected chi connectivity index (χ3v) is 6.73. The zero-order valence-electron chi connectivity index (χ0n) is 21.9. The van der Waals surface area contributed by atoms with Crippen LogP contribution in [-0.2, 0) is 12.8 Å². The molecule has 0 aliphatic carbocycles. The predicted molar refractivity (Wildman–Crippen MR) is 170 cm³/mol. The van der Waals surface area contributed by atoms with Crippen molar-refractivity contribution in [1.82, 2.24) is 10.9 Å². The van der Waals surface area contributed by atoms with Crippen molar-refractivity contribution < 1.29 is 0 Å². The average Bonchev–Trinajstić information content (AvgIpc) is 2.93. The van der Waals surface area contributed by atoms with E-state index in [0.717, 1.165) is 44.7 Å². The zero-order chi connectivity index (χ0) is 26.7. The highest BCUT2D eigenvalue weighted by atomic mass is 127. The summed E-state index contributed by atoms with van der Waals surface area (Å²) in [5, 5.41) is 6.86. The summed E-state index contributed by atoms with van der Waals surface area (Å²) in [6.45, 7) is 6.35. The summed E-state index contributed by atoms with van der Waals surface area (Å²) < 4.78 is 1.05. The predicted octanol–water partition coefficient (Wildman–Crippen LogP) is 7.72. The molecule has 38 heavy (non-hydrogen) atoms. The normalized spacial score (nSPS) is 11.7. The summed E-state index contributed by atoms with van der Waals surface area (Å²) in [5.74, 6) is 1.09. The first-order valence-corrected chi connectivity index (χ1v) is 13.8. The minimum atomic E-state index is 0.545. The molecule has 0 unspecified atom stereocenters. The van der Waals surface area contributed by atoms with Gasteiger partial charge >= 0.3 is 0 Å². The smallest absolute Gasteiger partial charge is 0.220 e. The highest BCUT2D eigenvalue weighted by Gasteiger charge is 2.07. The Labute approximate surface area is 238 Å². The van der Waals surface area contributed by atoms with E-state index in [2.05, 4.69) is 95.2 Å². The van der Waals surface area contributed by atoms with Crippen LogP contribution in [0.3, 0.4) is 0 Å². The molecule has 0 saturated heterocycles. The van der Waals surface area contributed by atoms with Crippen molar-refractivity contribution in [2.45, 2.75) is 33.6 Å². The van der Waals surface area contributed by atoms with Gasteiger partial charge in [0.05, 0.1) is 11.4 Å². The summed E-state index contributed by atoms with van der Waals surface area (Å²) in [6, 6.07) is 32.8. The molecule has 0 aliphatic heterocycles. The molecule has 0 aliphatic rings. The number of nitrogens with one attached hydrogen (secondary N) is 4. The van der Waals surface area contributed by atoms with Crippen LogP contribution in [0.1, 0.15) is 30.5 Å². The van der Waals surface area contributed by atoms with Crippen LogP contribution >= 0.6 is 22.6 Å². The van der Waals surface area contributed by atoms with Gasteiger partial charge in [0, 0.05) is 14.9 Å². The van der Waals surface area contributed by atoms with Crippen LogP contribution in [0.4, 0.5) is 22.7 Å². The fourth-order valence-electron chi connectivity index (χ4n) is 3.79. The lowest BCUT2D eigenvalue weighted by Crippen LogP contribution is -2.47. The molecule has 4 rings (SSSR count). The fourth-order valence-corrected chi connectivity index (χ4v) is 4.30. The molecule has 0 saturated carbocycles. The summed E-state index contributed by atoms with van der Waals surface area (Å²) in [6.07, 6.45) is 1.91. The van der Waals surface area contributed by atoms with E-state index in [4.69, 9.17) is 9.98 Å². The molecule has 0 radical (unpaired) electrons. The second kappa shape index (κ2) is 13.6. The van der Waals surface area contributed by atoms with Crippen molar-refractivity contribution in [3.8, 4) is 0 Å². The first kappa shape index (κ1) is 27.2. The highest BCUT2D eigenvalue weighted by molar-refractivity contribution is 14.1. The summed E-state index contributed by atoms with van der Waals surface area (Å²) in [5.41, 5.74) is 13.7. The molecule has 0 fully saturated rings. The minimum absolute atomic E-state index is 0.545. The van der Waals surface area contributed by atoms with Crippen LogP contribution in [-0.4, -0.2) is 11.9 Å². The van der Waals surface area contributed by atoms with E-state index in [1.54, 1.807) is 0 Å². The van der Waals surface area contributed by atoms with E-state index >= 15 is 0 Å². The van der Waals surface area contributed by atoms with Gasteiger partial charge in [-0.25, -0.2) is 9.98 Å².